The van der Waals surface area contributed by atoms with Crippen LogP contribution in [-0.4, -0.2) is 26.6 Å². The topological polar surface area (TPSA) is 75.3 Å². The maximum absolute atomic E-state index is 12.3. The minimum absolute atomic E-state index is 0.174. The van der Waals surface area contributed by atoms with Crippen LogP contribution in [0.25, 0.3) is 0 Å². The second kappa shape index (κ2) is 10.1. The van der Waals surface area contributed by atoms with Gasteiger partial charge in [-0.05, 0) is 60.7 Å². The van der Waals surface area contributed by atoms with E-state index in [0.29, 0.717) is 17.8 Å². The first-order valence-corrected chi connectivity index (χ1v) is 11.7. The van der Waals surface area contributed by atoms with E-state index in [1.54, 1.807) is 54.2 Å². The van der Waals surface area contributed by atoms with Gasteiger partial charge in [-0.15, -0.1) is 11.8 Å². The number of sulfonamides is 1. The Morgan fingerprint density at radius 3 is 2.10 bits per heavy atom. The smallest absolute Gasteiger partial charge is 0.261 e. The van der Waals surface area contributed by atoms with Gasteiger partial charge in [0, 0.05) is 22.7 Å². The largest absolute Gasteiger partial charge is 0.352 e. The average molecular weight is 427 g/mol. The first-order chi connectivity index (χ1) is 14.0. The van der Waals surface area contributed by atoms with Crippen molar-refractivity contribution in [2.45, 2.75) is 16.2 Å². The summed E-state index contributed by atoms with van der Waals surface area (Å²) in [5.74, 6) is 0.747. The van der Waals surface area contributed by atoms with Gasteiger partial charge in [-0.3, -0.25) is 9.52 Å². The van der Waals surface area contributed by atoms with Crippen molar-refractivity contribution in [2.75, 3.05) is 17.0 Å². The van der Waals surface area contributed by atoms with Gasteiger partial charge in [0.2, 0.25) is 0 Å². The van der Waals surface area contributed by atoms with Crippen molar-refractivity contribution in [3.63, 3.8) is 0 Å². The van der Waals surface area contributed by atoms with Gasteiger partial charge in [-0.25, -0.2) is 8.42 Å². The van der Waals surface area contributed by atoms with Crippen molar-refractivity contribution in [2.24, 2.45) is 0 Å². The molecule has 0 atom stereocenters. The summed E-state index contributed by atoms with van der Waals surface area (Å²) in [4.78, 5) is 13.6. The summed E-state index contributed by atoms with van der Waals surface area (Å²) < 4.78 is 27.2. The van der Waals surface area contributed by atoms with Crippen LogP contribution in [0.4, 0.5) is 5.69 Å². The number of nitrogens with one attached hydrogen (secondary N) is 2. The highest BCUT2D eigenvalue weighted by Gasteiger charge is 2.13. The normalized spacial score (nSPS) is 11.0. The van der Waals surface area contributed by atoms with Crippen LogP contribution in [-0.2, 0) is 10.0 Å². The number of carbonyl (C=O) groups excluding carboxylic acids is 1. The van der Waals surface area contributed by atoms with E-state index in [2.05, 4.69) is 22.2 Å². The molecule has 2 N–H and O–H groups in total. The molecule has 0 bridgehead atoms. The summed E-state index contributed by atoms with van der Waals surface area (Å²) >= 11 is 1.76. The third kappa shape index (κ3) is 6.37. The SMILES string of the molecule is O=C(NCCCSc1ccccc1)c1ccc(NS(=O)(=O)c2ccccc2)cc1. The van der Waals surface area contributed by atoms with Crippen LogP contribution in [0.2, 0.25) is 0 Å². The number of thioether (sulfide) groups is 1. The number of hydrogen-bond acceptors (Lipinski definition) is 4. The van der Waals surface area contributed by atoms with Gasteiger partial charge in [-0.1, -0.05) is 36.4 Å². The molecule has 0 saturated carbocycles. The monoisotopic (exact) mass is 426 g/mol. The van der Waals surface area contributed by atoms with E-state index in [-0.39, 0.29) is 10.8 Å². The summed E-state index contributed by atoms with van der Waals surface area (Å²) in [5.41, 5.74) is 0.896. The molecule has 3 aromatic carbocycles. The molecule has 0 aliphatic carbocycles. The van der Waals surface area contributed by atoms with Crippen molar-refractivity contribution in [1.29, 1.82) is 0 Å². The quantitative estimate of drug-likeness (QED) is 0.393. The van der Waals surface area contributed by atoms with Crippen LogP contribution in [0.5, 0.6) is 0 Å². The van der Waals surface area contributed by atoms with Crippen molar-refractivity contribution >= 4 is 33.4 Å². The molecule has 0 radical (unpaired) electrons. The van der Waals surface area contributed by atoms with Crippen LogP contribution in [0.15, 0.2) is 94.7 Å². The molecular formula is C22H22N2O3S2. The fourth-order valence-electron chi connectivity index (χ4n) is 2.59. The van der Waals surface area contributed by atoms with E-state index >= 15 is 0 Å². The molecule has 0 unspecified atom stereocenters. The molecule has 150 valence electrons. The predicted molar refractivity (Wildman–Crippen MR) is 118 cm³/mol. The minimum Gasteiger partial charge on any atom is -0.352 e. The lowest BCUT2D eigenvalue weighted by molar-refractivity contribution is 0.0954. The molecule has 0 aliphatic rings. The second-order valence-corrected chi connectivity index (χ2v) is 9.12. The Morgan fingerprint density at radius 1 is 0.828 bits per heavy atom. The van der Waals surface area contributed by atoms with E-state index in [9.17, 15) is 13.2 Å². The fourth-order valence-corrected chi connectivity index (χ4v) is 4.54. The molecule has 7 heteroatoms. The molecule has 3 rings (SSSR count). The van der Waals surface area contributed by atoms with Crippen molar-refractivity contribution in [3.05, 3.63) is 90.5 Å². The number of anilines is 1. The molecular weight excluding hydrogens is 404 g/mol. The van der Waals surface area contributed by atoms with Gasteiger partial charge in [0.1, 0.15) is 0 Å². The van der Waals surface area contributed by atoms with E-state index in [0.717, 1.165) is 12.2 Å². The Balaban J connectivity index is 1.46. The summed E-state index contributed by atoms with van der Waals surface area (Å²) in [7, 11) is -3.64. The zero-order valence-corrected chi connectivity index (χ0v) is 17.4. The molecule has 0 fully saturated rings. The van der Waals surface area contributed by atoms with E-state index < -0.39 is 10.0 Å². The summed E-state index contributed by atoms with van der Waals surface area (Å²) in [6.45, 7) is 0.584. The molecule has 3 aromatic rings. The maximum Gasteiger partial charge on any atom is 0.261 e. The van der Waals surface area contributed by atoms with E-state index in [1.165, 1.54) is 17.0 Å². The van der Waals surface area contributed by atoms with Gasteiger partial charge in [0.15, 0.2) is 0 Å². The van der Waals surface area contributed by atoms with E-state index in [4.69, 9.17) is 0 Å². The zero-order valence-electron chi connectivity index (χ0n) is 15.7. The summed E-state index contributed by atoms with van der Waals surface area (Å²) in [6.07, 6.45) is 0.861. The van der Waals surface area contributed by atoms with Crippen molar-refractivity contribution in [1.82, 2.24) is 5.32 Å². The molecule has 0 aromatic heterocycles. The number of amides is 1. The van der Waals surface area contributed by atoms with Gasteiger partial charge in [-0.2, -0.15) is 0 Å². The standard InChI is InChI=1S/C22H22N2O3S2/c25-22(23-16-7-17-28-20-8-3-1-4-9-20)18-12-14-19(15-13-18)24-29(26,27)21-10-5-2-6-11-21/h1-6,8-15,24H,7,16-17H2,(H,23,25). The molecule has 0 heterocycles. The van der Waals surface area contributed by atoms with Gasteiger partial charge in [0.25, 0.3) is 15.9 Å². The third-order valence-corrected chi connectivity index (χ3v) is 6.57. The average Bonchev–Trinajstić information content (AvgIpc) is 2.75. The van der Waals surface area contributed by atoms with Crippen LogP contribution in [0.3, 0.4) is 0 Å². The number of benzene rings is 3. The molecule has 1 amide bonds. The third-order valence-electron chi connectivity index (χ3n) is 4.07. The highest BCUT2D eigenvalue weighted by molar-refractivity contribution is 7.99. The Kier molecular flexibility index (Phi) is 7.32. The van der Waals surface area contributed by atoms with Crippen molar-refractivity contribution < 1.29 is 13.2 Å². The number of hydrogen-bond donors (Lipinski definition) is 2. The molecule has 0 saturated heterocycles. The lowest BCUT2D eigenvalue weighted by Gasteiger charge is -2.09. The Bertz CT molecular complexity index is 1020. The lowest BCUT2D eigenvalue weighted by atomic mass is 10.2. The minimum atomic E-state index is -3.64. The van der Waals surface area contributed by atoms with Crippen LogP contribution < -0.4 is 10.0 Å². The highest BCUT2D eigenvalue weighted by atomic mass is 32.2. The van der Waals surface area contributed by atoms with Crippen LogP contribution in [0, 0.1) is 0 Å². The summed E-state index contributed by atoms with van der Waals surface area (Å²) in [5, 5.41) is 2.89. The first-order valence-electron chi connectivity index (χ1n) is 9.18. The van der Waals surface area contributed by atoms with Gasteiger partial charge < -0.3 is 5.32 Å². The number of rotatable bonds is 9. The highest BCUT2D eigenvalue weighted by Crippen LogP contribution is 2.18. The summed E-state index contributed by atoms with van der Waals surface area (Å²) in [6, 6.07) is 24.7. The number of carbonyl (C=O) groups is 1. The Labute approximate surface area is 175 Å². The van der Waals surface area contributed by atoms with Crippen LogP contribution in [0.1, 0.15) is 16.8 Å². The van der Waals surface area contributed by atoms with Crippen LogP contribution >= 0.6 is 11.8 Å². The fraction of sp³-hybridized carbons (Fsp3) is 0.136. The van der Waals surface area contributed by atoms with Crippen molar-refractivity contribution in [3.8, 4) is 0 Å². The van der Waals surface area contributed by atoms with Gasteiger partial charge in [0.05, 0.1) is 4.90 Å². The maximum atomic E-state index is 12.3. The Hall–Kier alpha value is -2.77. The van der Waals surface area contributed by atoms with E-state index in [1.807, 2.05) is 18.2 Å². The predicted octanol–water partition coefficient (Wildman–Crippen LogP) is 4.40. The molecule has 5 nitrogen and oxygen atoms in total. The first kappa shape index (κ1) is 21.0. The molecule has 29 heavy (non-hydrogen) atoms. The molecule has 0 aliphatic heterocycles. The van der Waals surface area contributed by atoms with Gasteiger partial charge >= 0.3 is 0 Å². The molecule has 0 spiro atoms. The lowest BCUT2D eigenvalue weighted by Crippen LogP contribution is -2.24. The second-order valence-electron chi connectivity index (χ2n) is 6.27. The zero-order chi connectivity index (χ0) is 20.5. The Morgan fingerprint density at radius 2 is 1.45 bits per heavy atom.